The maximum atomic E-state index is 5.28. The minimum absolute atomic E-state index is 0.661. The van der Waals surface area contributed by atoms with E-state index < -0.39 is 0 Å². The molecule has 0 atom stereocenters. The molecule has 0 aliphatic rings. The van der Waals surface area contributed by atoms with Crippen molar-refractivity contribution in [3.63, 3.8) is 0 Å². The Hall–Kier alpha value is -1.25. The van der Waals surface area contributed by atoms with Gasteiger partial charge in [-0.15, -0.1) is 0 Å². The van der Waals surface area contributed by atoms with Crippen molar-refractivity contribution in [1.29, 1.82) is 0 Å². The first-order chi connectivity index (χ1) is 7.72. The summed E-state index contributed by atoms with van der Waals surface area (Å²) < 4.78 is 5.28. The lowest BCUT2D eigenvalue weighted by Gasteiger charge is -2.08. The average Bonchev–Trinajstić information content (AvgIpc) is 2.27. The molecule has 90 valence electrons. The summed E-state index contributed by atoms with van der Waals surface area (Å²) in [6.07, 6.45) is 4.28. The molecule has 0 spiro atoms. The van der Waals surface area contributed by atoms with Gasteiger partial charge in [0.2, 0.25) is 5.88 Å². The lowest BCUT2D eigenvalue weighted by Crippen LogP contribution is -2.03. The number of ether oxygens (including phenoxy) is 1. The molecule has 0 saturated heterocycles. The fraction of sp³-hybridized carbons (Fsp3) is 0.615. The third kappa shape index (κ3) is 5.01. The molecule has 1 heterocycles. The second-order valence-electron chi connectivity index (χ2n) is 4.28. The van der Waals surface area contributed by atoms with Gasteiger partial charge in [0.1, 0.15) is 0 Å². The summed E-state index contributed by atoms with van der Waals surface area (Å²) in [6, 6.07) is 3.90. The van der Waals surface area contributed by atoms with E-state index >= 15 is 0 Å². The largest absolute Gasteiger partial charge is 0.478 e. The molecule has 1 rings (SSSR count). The highest BCUT2D eigenvalue weighted by molar-refractivity contribution is 5.41. The predicted molar refractivity (Wildman–Crippen MR) is 68.0 cm³/mol. The van der Waals surface area contributed by atoms with Gasteiger partial charge in [-0.05, 0) is 31.7 Å². The Labute approximate surface area is 98.2 Å². The van der Waals surface area contributed by atoms with Gasteiger partial charge in [0, 0.05) is 12.6 Å². The highest BCUT2D eigenvalue weighted by Crippen LogP contribution is 2.12. The van der Waals surface area contributed by atoms with Crippen molar-refractivity contribution >= 4 is 5.69 Å². The van der Waals surface area contributed by atoms with Crippen LogP contribution in [0.25, 0.3) is 0 Å². The number of aromatic nitrogens is 1. The van der Waals surface area contributed by atoms with E-state index in [0.29, 0.717) is 12.5 Å². The van der Waals surface area contributed by atoms with Crippen molar-refractivity contribution in [3.8, 4) is 5.88 Å². The summed E-state index contributed by atoms with van der Waals surface area (Å²) >= 11 is 0. The minimum Gasteiger partial charge on any atom is -0.478 e. The van der Waals surface area contributed by atoms with E-state index in [1.54, 1.807) is 0 Å². The number of hydrogen-bond acceptors (Lipinski definition) is 3. The predicted octanol–water partition coefficient (Wildman–Crippen LogP) is 3.33. The van der Waals surface area contributed by atoms with Gasteiger partial charge in [-0.25, -0.2) is 4.98 Å². The monoisotopic (exact) mass is 222 g/mol. The van der Waals surface area contributed by atoms with E-state index in [2.05, 4.69) is 24.1 Å². The molecule has 0 aliphatic carbocycles. The molecular weight excluding hydrogens is 200 g/mol. The lowest BCUT2D eigenvalue weighted by atomic mass is 10.1. The normalized spacial score (nSPS) is 10.5. The summed E-state index contributed by atoms with van der Waals surface area (Å²) in [5, 5.41) is 3.35. The molecular formula is C13H22N2O. The zero-order valence-electron chi connectivity index (χ0n) is 10.5. The van der Waals surface area contributed by atoms with E-state index in [0.717, 1.165) is 18.2 Å². The van der Waals surface area contributed by atoms with Crippen LogP contribution in [0.3, 0.4) is 0 Å². The first-order valence-electron chi connectivity index (χ1n) is 6.05. The van der Waals surface area contributed by atoms with Crippen LogP contribution in [0.1, 0.15) is 33.6 Å². The fourth-order valence-electron chi connectivity index (χ4n) is 1.46. The molecule has 0 bridgehead atoms. The molecule has 1 aromatic heterocycles. The topological polar surface area (TPSA) is 34.1 Å². The van der Waals surface area contributed by atoms with Crippen LogP contribution in [0.15, 0.2) is 18.3 Å². The van der Waals surface area contributed by atoms with E-state index in [9.17, 15) is 0 Å². The Morgan fingerprint density at radius 2 is 2.19 bits per heavy atom. The van der Waals surface area contributed by atoms with Crippen LogP contribution in [-0.2, 0) is 0 Å². The highest BCUT2D eigenvalue weighted by Gasteiger charge is 1.96. The Morgan fingerprint density at radius 3 is 2.75 bits per heavy atom. The summed E-state index contributed by atoms with van der Waals surface area (Å²) in [7, 11) is 0. The van der Waals surface area contributed by atoms with Crippen molar-refractivity contribution in [2.24, 2.45) is 5.92 Å². The van der Waals surface area contributed by atoms with Crippen LogP contribution >= 0.6 is 0 Å². The first-order valence-corrected chi connectivity index (χ1v) is 6.05. The number of nitrogens with one attached hydrogen (secondary N) is 1. The Balaban J connectivity index is 2.26. The molecule has 0 unspecified atom stereocenters. The Morgan fingerprint density at radius 1 is 1.38 bits per heavy atom. The van der Waals surface area contributed by atoms with E-state index in [-0.39, 0.29) is 0 Å². The number of anilines is 1. The van der Waals surface area contributed by atoms with Gasteiger partial charge in [0.05, 0.1) is 18.5 Å². The number of pyridine rings is 1. The second kappa shape index (κ2) is 7.09. The first kappa shape index (κ1) is 12.8. The Bertz CT molecular complexity index is 282. The smallest absolute Gasteiger partial charge is 0.213 e. The standard InChI is InChI=1S/C13H22N2O/c1-4-16-13-8-7-12(10-15-13)14-9-5-6-11(2)3/h7-8,10-11,14H,4-6,9H2,1-3H3. The van der Waals surface area contributed by atoms with Gasteiger partial charge in [0.25, 0.3) is 0 Å². The molecule has 0 fully saturated rings. The van der Waals surface area contributed by atoms with Crippen molar-refractivity contribution in [1.82, 2.24) is 4.98 Å². The van der Waals surface area contributed by atoms with Crippen molar-refractivity contribution in [3.05, 3.63) is 18.3 Å². The van der Waals surface area contributed by atoms with Gasteiger partial charge in [-0.1, -0.05) is 13.8 Å². The zero-order valence-corrected chi connectivity index (χ0v) is 10.5. The lowest BCUT2D eigenvalue weighted by molar-refractivity contribution is 0.327. The molecule has 0 radical (unpaired) electrons. The van der Waals surface area contributed by atoms with Crippen LogP contribution in [-0.4, -0.2) is 18.1 Å². The molecule has 3 nitrogen and oxygen atoms in total. The van der Waals surface area contributed by atoms with Crippen molar-refractivity contribution in [2.75, 3.05) is 18.5 Å². The molecule has 16 heavy (non-hydrogen) atoms. The van der Waals surface area contributed by atoms with E-state index in [4.69, 9.17) is 4.74 Å². The van der Waals surface area contributed by atoms with Gasteiger partial charge in [-0.3, -0.25) is 0 Å². The number of nitrogens with zero attached hydrogens (tertiary/aromatic N) is 1. The summed E-state index contributed by atoms with van der Waals surface area (Å²) in [6.45, 7) is 8.12. The van der Waals surface area contributed by atoms with Gasteiger partial charge in [-0.2, -0.15) is 0 Å². The second-order valence-corrected chi connectivity index (χ2v) is 4.28. The molecule has 0 aliphatic heterocycles. The average molecular weight is 222 g/mol. The molecule has 0 amide bonds. The summed E-state index contributed by atoms with van der Waals surface area (Å²) in [5.41, 5.74) is 1.06. The number of rotatable bonds is 7. The van der Waals surface area contributed by atoms with Gasteiger partial charge < -0.3 is 10.1 Å². The molecule has 1 N–H and O–H groups in total. The van der Waals surface area contributed by atoms with Gasteiger partial charge >= 0.3 is 0 Å². The minimum atomic E-state index is 0.661. The number of hydrogen-bond donors (Lipinski definition) is 1. The van der Waals surface area contributed by atoms with Crippen molar-refractivity contribution in [2.45, 2.75) is 33.6 Å². The highest BCUT2D eigenvalue weighted by atomic mass is 16.5. The van der Waals surface area contributed by atoms with Crippen LogP contribution in [0.2, 0.25) is 0 Å². The van der Waals surface area contributed by atoms with Crippen LogP contribution in [0, 0.1) is 5.92 Å². The van der Waals surface area contributed by atoms with Crippen LogP contribution in [0.4, 0.5) is 5.69 Å². The molecule has 1 aromatic rings. The van der Waals surface area contributed by atoms with Crippen LogP contribution in [0.5, 0.6) is 5.88 Å². The quantitative estimate of drug-likeness (QED) is 0.718. The van der Waals surface area contributed by atoms with Crippen LogP contribution < -0.4 is 10.1 Å². The fourth-order valence-corrected chi connectivity index (χ4v) is 1.46. The maximum absolute atomic E-state index is 5.28. The zero-order chi connectivity index (χ0) is 11.8. The van der Waals surface area contributed by atoms with E-state index in [1.165, 1.54) is 12.8 Å². The van der Waals surface area contributed by atoms with Gasteiger partial charge in [0.15, 0.2) is 0 Å². The third-order valence-electron chi connectivity index (χ3n) is 2.32. The summed E-state index contributed by atoms with van der Waals surface area (Å²) in [4.78, 5) is 4.20. The molecule has 0 aromatic carbocycles. The third-order valence-corrected chi connectivity index (χ3v) is 2.32. The molecule has 0 saturated carbocycles. The SMILES string of the molecule is CCOc1ccc(NCCCC(C)C)cn1. The molecule has 3 heteroatoms. The van der Waals surface area contributed by atoms with E-state index in [1.807, 2.05) is 25.3 Å². The van der Waals surface area contributed by atoms with Crippen molar-refractivity contribution < 1.29 is 4.74 Å². The summed E-state index contributed by atoms with van der Waals surface area (Å²) in [5.74, 6) is 1.47. The maximum Gasteiger partial charge on any atom is 0.213 e. The Kier molecular flexibility index (Phi) is 5.68.